The molecule has 6 heteroatoms. The number of anilines is 1. The summed E-state index contributed by atoms with van der Waals surface area (Å²) in [4.78, 5) is 21.1. The molecule has 1 aromatic heterocycles. The number of carbonyl (C=O) groups excluding carboxylic acids is 1. The molecule has 1 aliphatic heterocycles. The van der Waals surface area contributed by atoms with Gasteiger partial charge in [0.15, 0.2) is 5.13 Å². The molecule has 5 nitrogen and oxygen atoms in total. The van der Waals surface area contributed by atoms with Crippen LogP contribution in [0.2, 0.25) is 0 Å². The Morgan fingerprint density at radius 2 is 2.00 bits per heavy atom. The number of amides is 1. The van der Waals surface area contributed by atoms with Crippen LogP contribution in [0.25, 0.3) is 0 Å². The highest BCUT2D eigenvalue weighted by molar-refractivity contribution is 7.13. The van der Waals surface area contributed by atoms with Crippen LogP contribution in [0.5, 0.6) is 0 Å². The first-order valence-corrected chi connectivity index (χ1v) is 7.95. The van der Waals surface area contributed by atoms with Gasteiger partial charge in [-0.15, -0.1) is 11.3 Å². The Kier molecular flexibility index (Phi) is 4.65. The van der Waals surface area contributed by atoms with Gasteiger partial charge >= 0.3 is 0 Å². The minimum Gasteiger partial charge on any atom is -0.350 e. The van der Waals surface area contributed by atoms with E-state index >= 15 is 0 Å². The van der Waals surface area contributed by atoms with Crippen LogP contribution in [0, 0.1) is 0 Å². The van der Waals surface area contributed by atoms with E-state index in [2.05, 4.69) is 20.1 Å². The maximum absolute atomic E-state index is 12.2. The lowest BCUT2D eigenvalue weighted by Gasteiger charge is -2.38. The molecule has 0 saturated carbocycles. The highest BCUT2D eigenvalue weighted by Gasteiger charge is 2.28. The van der Waals surface area contributed by atoms with Crippen molar-refractivity contribution in [2.24, 2.45) is 0 Å². The molecule has 0 bridgehead atoms. The van der Waals surface area contributed by atoms with E-state index in [1.807, 2.05) is 39.3 Å². The second-order valence-electron chi connectivity index (χ2n) is 6.25. The van der Waals surface area contributed by atoms with Gasteiger partial charge in [-0.3, -0.25) is 9.69 Å². The normalized spacial score (nSPS) is 18.9. The van der Waals surface area contributed by atoms with E-state index in [0.717, 1.165) is 31.3 Å². The zero-order chi connectivity index (χ0) is 14.8. The van der Waals surface area contributed by atoms with Gasteiger partial charge in [0.1, 0.15) is 0 Å². The fourth-order valence-corrected chi connectivity index (χ4v) is 3.01. The van der Waals surface area contributed by atoms with E-state index in [1.54, 1.807) is 11.3 Å². The summed E-state index contributed by atoms with van der Waals surface area (Å²) in [5, 5.41) is 6.13. The van der Waals surface area contributed by atoms with Gasteiger partial charge in [-0.2, -0.15) is 0 Å². The van der Waals surface area contributed by atoms with Gasteiger partial charge < -0.3 is 10.2 Å². The third-order valence-electron chi connectivity index (χ3n) is 3.43. The number of hydrogen-bond donors (Lipinski definition) is 1. The predicted molar refractivity (Wildman–Crippen MR) is 83.3 cm³/mol. The Balaban J connectivity index is 1.85. The molecule has 1 saturated heterocycles. The maximum atomic E-state index is 12.2. The van der Waals surface area contributed by atoms with Gasteiger partial charge in [-0.1, -0.05) is 0 Å². The van der Waals surface area contributed by atoms with Crippen LogP contribution in [0.1, 0.15) is 27.7 Å². The zero-order valence-corrected chi connectivity index (χ0v) is 13.5. The Morgan fingerprint density at radius 3 is 2.50 bits per heavy atom. The average Bonchev–Trinajstić information content (AvgIpc) is 2.90. The standard InChI is InChI=1S/C14H24N4OS/c1-11(12(19)16-14(2,3)4)17-6-8-18(9-7-17)13-15-5-10-20-13/h5,10-11H,6-9H2,1-4H3,(H,16,19). The summed E-state index contributed by atoms with van der Waals surface area (Å²) in [6.45, 7) is 11.7. The second-order valence-corrected chi connectivity index (χ2v) is 7.13. The molecule has 1 fully saturated rings. The monoisotopic (exact) mass is 296 g/mol. The number of nitrogens with one attached hydrogen (secondary N) is 1. The molecule has 20 heavy (non-hydrogen) atoms. The molecule has 1 unspecified atom stereocenters. The summed E-state index contributed by atoms with van der Waals surface area (Å²) >= 11 is 1.67. The van der Waals surface area contributed by atoms with Crippen LogP contribution in [-0.2, 0) is 4.79 Å². The number of thiazole rings is 1. The molecule has 0 aliphatic carbocycles. The SMILES string of the molecule is CC(C(=O)NC(C)(C)C)N1CCN(c2nccs2)CC1. The van der Waals surface area contributed by atoms with Crippen LogP contribution in [0.15, 0.2) is 11.6 Å². The molecule has 112 valence electrons. The highest BCUT2D eigenvalue weighted by Crippen LogP contribution is 2.19. The lowest BCUT2D eigenvalue weighted by Crippen LogP contribution is -2.56. The van der Waals surface area contributed by atoms with Crippen molar-refractivity contribution in [3.8, 4) is 0 Å². The van der Waals surface area contributed by atoms with Crippen molar-refractivity contribution < 1.29 is 4.79 Å². The number of aromatic nitrogens is 1. The number of hydrogen-bond acceptors (Lipinski definition) is 5. The van der Waals surface area contributed by atoms with Gasteiger partial charge in [-0.25, -0.2) is 4.98 Å². The molecule has 2 heterocycles. The lowest BCUT2D eigenvalue weighted by molar-refractivity contribution is -0.127. The van der Waals surface area contributed by atoms with Crippen molar-refractivity contribution in [1.29, 1.82) is 0 Å². The fourth-order valence-electron chi connectivity index (χ4n) is 2.31. The molecule has 0 spiro atoms. The molecular formula is C14H24N4OS. The minimum atomic E-state index is -0.173. The van der Waals surface area contributed by atoms with Gasteiger partial charge in [0.25, 0.3) is 0 Å². The fraction of sp³-hybridized carbons (Fsp3) is 0.714. The smallest absolute Gasteiger partial charge is 0.237 e. The Bertz CT molecular complexity index is 433. The molecule has 1 amide bonds. The van der Waals surface area contributed by atoms with E-state index in [1.165, 1.54) is 0 Å². The van der Waals surface area contributed by atoms with Crippen LogP contribution in [-0.4, -0.2) is 53.6 Å². The van der Waals surface area contributed by atoms with Crippen LogP contribution < -0.4 is 10.2 Å². The van der Waals surface area contributed by atoms with Crippen molar-refractivity contribution in [3.05, 3.63) is 11.6 Å². The quantitative estimate of drug-likeness (QED) is 0.920. The molecule has 1 aliphatic rings. The predicted octanol–water partition coefficient (Wildman–Crippen LogP) is 1.57. The third kappa shape index (κ3) is 3.93. The van der Waals surface area contributed by atoms with E-state index in [4.69, 9.17) is 0 Å². The zero-order valence-electron chi connectivity index (χ0n) is 12.7. The first-order valence-electron chi connectivity index (χ1n) is 7.07. The van der Waals surface area contributed by atoms with Crippen molar-refractivity contribution >= 4 is 22.4 Å². The van der Waals surface area contributed by atoms with Crippen LogP contribution in [0.3, 0.4) is 0 Å². The van der Waals surface area contributed by atoms with Crippen molar-refractivity contribution in [1.82, 2.24) is 15.2 Å². The van der Waals surface area contributed by atoms with E-state index in [0.29, 0.717) is 0 Å². The summed E-state index contributed by atoms with van der Waals surface area (Å²) in [6, 6.07) is -0.0762. The summed E-state index contributed by atoms with van der Waals surface area (Å²) < 4.78 is 0. The molecule has 1 N–H and O–H groups in total. The first kappa shape index (κ1) is 15.3. The molecular weight excluding hydrogens is 272 g/mol. The summed E-state index contributed by atoms with van der Waals surface area (Å²) in [5.74, 6) is 0.111. The molecule has 1 atom stereocenters. The summed E-state index contributed by atoms with van der Waals surface area (Å²) in [5.41, 5.74) is -0.173. The molecule has 1 aromatic rings. The molecule has 0 aromatic carbocycles. The number of carbonyl (C=O) groups is 1. The van der Waals surface area contributed by atoms with Gasteiger partial charge in [-0.05, 0) is 27.7 Å². The Morgan fingerprint density at radius 1 is 1.35 bits per heavy atom. The maximum Gasteiger partial charge on any atom is 0.237 e. The van der Waals surface area contributed by atoms with Gasteiger partial charge in [0.05, 0.1) is 6.04 Å². The van der Waals surface area contributed by atoms with Crippen molar-refractivity contribution in [2.75, 3.05) is 31.1 Å². The largest absolute Gasteiger partial charge is 0.350 e. The summed E-state index contributed by atoms with van der Waals surface area (Å²) in [7, 11) is 0. The van der Waals surface area contributed by atoms with Crippen molar-refractivity contribution in [2.45, 2.75) is 39.3 Å². The lowest BCUT2D eigenvalue weighted by atomic mass is 10.1. The summed E-state index contributed by atoms with van der Waals surface area (Å²) in [6.07, 6.45) is 1.84. The Labute approximate surface area is 125 Å². The van der Waals surface area contributed by atoms with Crippen LogP contribution in [0.4, 0.5) is 5.13 Å². The molecule has 0 radical (unpaired) electrons. The Hall–Kier alpha value is -1.14. The highest BCUT2D eigenvalue weighted by atomic mass is 32.1. The van der Waals surface area contributed by atoms with Gasteiger partial charge in [0, 0.05) is 43.3 Å². The van der Waals surface area contributed by atoms with Crippen LogP contribution >= 0.6 is 11.3 Å². The van der Waals surface area contributed by atoms with E-state index < -0.39 is 0 Å². The number of rotatable bonds is 3. The topological polar surface area (TPSA) is 48.5 Å². The average molecular weight is 296 g/mol. The second kappa shape index (κ2) is 6.10. The molecule has 2 rings (SSSR count). The minimum absolute atomic E-state index is 0.0762. The first-order chi connectivity index (χ1) is 9.37. The third-order valence-corrected chi connectivity index (χ3v) is 4.26. The number of nitrogens with zero attached hydrogens (tertiary/aromatic N) is 3. The van der Waals surface area contributed by atoms with E-state index in [9.17, 15) is 4.79 Å². The number of piperazine rings is 1. The van der Waals surface area contributed by atoms with Gasteiger partial charge in [0.2, 0.25) is 5.91 Å². The van der Waals surface area contributed by atoms with E-state index in [-0.39, 0.29) is 17.5 Å². The van der Waals surface area contributed by atoms with Crippen molar-refractivity contribution in [3.63, 3.8) is 0 Å².